The van der Waals surface area contributed by atoms with E-state index in [0.717, 1.165) is 19.3 Å². The van der Waals surface area contributed by atoms with E-state index in [-0.39, 0.29) is 12.2 Å². The lowest BCUT2D eigenvalue weighted by Crippen LogP contribution is -2.27. The predicted octanol–water partition coefficient (Wildman–Crippen LogP) is 0.985. The van der Waals surface area contributed by atoms with E-state index in [9.17, 15) is 10.1 Å². The topological polar surface area (TPSA) is 119 Å². The van der Waals surface area contributed by atoms with E-state index in [0.29, 0.717) is 0 Å². The highest BCUT2D eigenvalue weighted by molar-refractivity contribution is 5.53. The third kappa shape index (κ3) is 6.49. The zero-order valence-corrected chi connectivity index (χ0v) is 8.16. The predicted molar refractivity (Wildman–Crippen MR) is 47.2 cm³/mol. The fraction of sp³-hybridized carbons (Fsp3) is 0.857. The van der Waals surface area contributed by atoms with Crippen LogP contribution in [0.2, 0.25) is 0 Å². The van der Waals surface area contributed by atoms with Crippen molar-refractivity contribution in [2.45, 2.75) is 31.5 Å². The summed E-state index contributed by atoms with van der Waals surface area (Å²) >= 11 is 0. The zero-order valence-electron chi connectivity index (χ0n) is 8.16. The molecule has 0 bridgehead atoms. The number of nitrogens with zero attached hydrogens (tertiary/aromatic N) is 1. The molecule has 1 aliphatic rings. The summed E-state index contributed by atoms with van der Waals surface area (Å²) < 4.78 is 5.00. The highest BCUT2D eigenvalue weighted by Crippen LogP contribution is 2.24. The summed E-state index contributed by atoms with van der Waals surface area (Å²) in [6.07, 6.45) is 0.237. The number of hydrogen-bond donors (Lipinski definition) is 2. The van der Waals surface area contributed by atoms with Gasteiger partial charge in [-0.1, -0.05) is 0 Å². The molecule has 1 aliphatic carbocycles. The van der Waals surface area contributed by atoms with E-state index >= 15 is 0 Å². The Labute approximate surface area is 85.5 Å². The third-order valence-electron chi connectivity index (χ3n) is 1.92. The SMILES string of the molecule is CO[C@@H]1CCC[C@H]1O[N+](=O)[O-].O=C(O)O. The molecular weight excluding hydrogens is 210 g/mol. The van der Waals surface area contributed by atoms with E-state index < -0.39 is 11.2 Å². The number of carboxylic acid groups (broad SMARTS) is 2. The molecular formula is C7H13NO7. The van der Waals surface area contributed by atoms with Crippen LogP contribution >= 0.6 is 0 Å². The Kier molecular flexibility index (Phi) is 6.11. The minimum absolute atomic E-state index is 0.0969. The van der Waals surface area contributed by atoms with E-state index in [4.69, 9.17) is 19.7 Å². The van der Waals surface area contributed by atoms with Crippen molar-refractivity contribution in [3.63, 3.8) is 0 Å². The highest BCUT2D eigenvalue weighted by atomic mass is 17.0. The molecule has 1 fully saturated rings. The Hall–Kier alpha value is -1.57. The van der Waals surface area contributed by atoms with Crippen LogP contribution in [-0.2, 0) is 9.57 Å². The molecule has 1 saturated carbocycles. The number of ether oxygens (including phenoxy) is 1. The average Bonchev–Trinajstić information content (AvgIpc) is 2.49. The van der Waals surface area contributed by atoms with Gasteiger partial charge in [-0.05, 0) is 19.3 Å². The van der Waals surface area contributed by atoms with Gasteiger partial charge in [0.15, 0.2) is 0 Å². The molecule has 0 unspecified atom stereocenters. The van der Waals surface area contributed by atoms with Gasteiger partial charge in [0, 0.05) is 7.11 Å². The fourth-order valence-corrected chi connectivity index (χ4v) is 1.39. The second kappa shape index (κ2) is 6.82. The van der Waals surface area contributed by atoms with E-state index in [1.165, 1.54) is 0 Å². The van der Waals surface area contributed by atoms with Gasteiger partial charge in [-0.15, -0.1) is 10.1 Å². The summed E-state index contributed by atoms with van der Waals surface area (Å²) in [5, 5.41) is 23.1. The lowest BCUT2D eigenvalue weighted by atomic mass is 10.3. The molecule has 0 heterocycles. The van der Waals surface area contributed by atoms with Gasteiger partial charge in [-0.25, -0.2) is 4.79 Å². The number of methoxy groups -OCH3 is 1. The van der Waals surface area contributed by atoms with Crippen LogP contribution in [0.4, 0.5) is 4.79 Å². The second-order valence-corrected chi connectivity index (χ2v) is 2.86. The molecule has 2 N–H and O–H groups in total. The van der Waals surface area contributed by atoms with Crippen molar-refractivity contribution in [3.05, 3.63) is 10.1 Å². The molecule has 0 amide bonds. The van der Waals surface area contributed by atoms with Crippen molar-refractivity contribution in [2.75, 3.05) is 7.11 Å². The Morgan fingerprint density at radius 3 is 2.27 bits per heavy atom. The summed E-state index contributed by atoms with van der Waals surface area (Å²) in [7, 11) is 1.55. The molecule has 0 aromatic carbocycles. The van der Waals surface area contributed by atoms with Gasteiger partial charge < -0.3 is 19.8 Å². The van der Waals surface area contributed by atoms with Gasteiger partial charge in [-0.3, -0.25) is 0 Å². The maximum Gasteiger partial charge on any atom is 0.503 e. The van der Waals surface area contributed by atoms with Gasteiger partial charge in [0.25, 0.3) is 5.09 Å². The molecule has 88 valence electrons. The van der Waals surface area contributed by atoms with Gasteiger partial charge in [0.2, 0.25) is 0 Å². The monoisotopic (exact) mass is 223 g/mol. The van der Waals surface area contributed by atoms with Crippen molar-refractivity contribution < 1.29 is 29.7 Å². The van der Waals surface area contributed by atoms with Crippen LogP contribution in [-0.4, -0.2) is 40.8 Å². The maximum atomic E-state index is 9.94. The molecule has 8 heteroatoms. The minimum Gasteiger partial charge on any atom is -0.450 e. The van der Waals surface area contributed by atoms with Gasteiger partial charge in [-0.2, -0.15) is 0 Å². The zero-order chi connectivity index (χ0) is 11.8. The van der Waals surface area contributed by atoms with Crippen LogP contribution in [0.15, 0.2) is 0 Å². The number of rotatable bonds is 3. The first-order chi connectivity index (χ1) is 6.97. The van der Waals surface area contributed by atoms with Crippen LogP contribution < -0.4 is 0 Å². The molecule has 0 saturated heterocycles. The summed E-state index contributed by atoms with van der Waals surface area (Å²) in [5.74, 6) is 0. The third-order valence-corrected chi connectivity index (χ3v) is 1.92. The first kappa shape index (κ1) is 13.4. The molecule has 2 atom stereocenters. The van der Waals surface area contributed by atoms with Crippen LogP contribution in [0.25, 0.3) is 0 Å². The Morgan fingerprint density at radius 1 is 1.40 bits per heavy atom. The van der Waals surface area contributed by atoms with Crippen molar-refractivity contribution in [1.82, 2.24) is 0 Å². The maximum absolute atomic E-state index is 9.94. The fourth-order valence-electron chi connectivity index (χ4n) is 1.39. The molecule has 8 nitrogen and oxygen atoms in total. The lowest BCUT2D eigenvalue weighted by molar-refractivity contribution is -0.770. The van der Waals surface area contributed by atoms with E-state index in [1.807, 2.05) is 0 Å². The summed E-state index contributed by atoms with van der Waals surface area (Å²) in [4.78, 5) is 22.9. The number of hydrogen-bond acceptors (Lipinski definition) is 5. The normalized spacial score (nSPS) is 23.8. The van der Waals surface area contributed by atoms with Gasteiger partial charge in [0.05, 0.1) is 6.10 Å². The quantitative estimate of drug-likeness (QED) is 0.540. The molecule has 15 heavy (non-hydrogen) atoms. The lowest BCUT2D eigenvalue weighted by Gasteiger charge is -2.14. The second-order valence-electron chi connectivity index (χ2n) is 2.86. The van der Waals surface area contributed by atoms with Gasteiger partial charge in [0.1, 0.15) is 6.10 Å². The molecule has 0 aromatic heterocycles. The minimum atomic E-state index is -1.83. The van der Waals surface area contributed by atoms with Crippen LogP contribution in [0.5, 0.6) is 0 Å². The molecule has 1 rings (SSSR count). The Bertz CT molecular complexity index is 215. The standard InChI is InChI=1S/C6H11NO4.CH2O3/c1-10-5-3-2-4-6(5)11-7(8)9;2-1(3)4/h5-6H,2-4H2,1H3;(H2,2,3,4)/t5-,6-;/m1./s1. The van der Waals surface area contributed by atoms with Crippen molar-refractivity contribution in [2.24, 2.45) is 0 Å². The van der Waals surface area contributed by atoms with Crippen LogP contribution in [0.1, 0.15) is 19.3 Å². The molecule has 0 spiro atoms. The van der Waals surface area contributed by atoms with E-state index in [2.05, 4.69) is 4.84 Å². The average molecular weight is 223 g/mol. The molecule has 0 aliphatic heterocycles. The summed E-state index contributed by atoms with van der Waals surface area (Å²) in [6.45, 7) is 0. The summed E-state index contributed by atoms with van der Waals surface area (Å²) in [5.41, 5.74) is 0. The largest absolute Gasteiger partial charge is 0.503 e. The van der Waals surface area contributed by atoms with Crippen LogP contribution in [0.3, 0.4) is 0 Å². The summed E-state index contributed by atoms with van der Waals surface area (Å²) in [6, 6.07) is 0. The van der Waals surface area contributed by atoms with Crippen molar-refractivity contribution >= 4 is 6.16 Å². The first-order valence-corrected chi connectivity index (χ1v) is 4.23. The Balaban J connectivity index is 0.000000423. The highest BCUT2D eigenvalue weighted by Gasteiger charge is 2.29. The number of carbonyl (C=O) groups is 1. The van der Waals surface area contributed by atoms with Gasteiger partial charge >= 0.3 is 6.16 Å². The van der Waals surface area contributed by atoms with E-state index in [1.54, 1.807) is 7.11 Å². The smallest absolute Gasteiger partial charge is 0.450 e. The molecule has 0 radical (unpaired) electrons. The van der Waals surface area contributed by atoms with Crippen molar-refractivity contribution in [3.8, 4) is 0 Å². The Morgan fingerprint density at radius 2 is 1.87 bits per heavy atom. The van der Waals surface area contributed by atoms with Crippen LogP contribution in [0, 0.1) is 10.1 Å². The molecule has 0 aromatic rings. The van der Waals surface area contributed by atoms with Crippen molar-refractivity contribution in [1.29, 1.82) is 0 Å². The first-order valence-electron chi connectivity index (χ1n) is 4.23.